The Morgan fingerprint density at radius 2 is 1.86 bits per heavy atom. The van der Waals surface area contributed by atoms with Crippen molar-refractivity contribution in [2.24, 2.45) is 0 Å². The van der Waals surface area contributed by atoms with E-state index >= 15 is 0 Å². The molecule has 0 aliphatic heterocycles. The summed E-state index contributed by atoms with van der Waals surface area (Å²) in [5.74, 6) is -0.464. The van der Waals surface area contributed by atoms with Crippen LogP contribution < -0.4 is 16.2 Å². The summed E-state index contributed by atoms with van der Waals surface area (Å²) in [5, 5.41) is 5.39. The number of para-hydroxylation sites is 2. The Morgan fingerprint density at radius 3 is 2.62 bits per heavy atom. The van der Waals surface area contributed by atoms with Gasteiger partial charge < -0.3 is 10.6 Å². The standard InChI is InChI=1S/C22H24N4O3/c1-3-15-7-6-8-16(13-15)24-21(28)14-26-19-10-5-4-9-17(19)25-18(22(26)29)11-12-20(27)23-2/h4-10,13H,3,11-12,14H2,1-2H3,(H,23,27)(H,24,28). The van der Waals surface area contributed by atoms with Crippen molar-refractivity contribution >= 4 is 28.5 Å². The maximum absolute atomic E-state index is 13.0. The average Bonchev–Trinajstić information content (AvgIpc) is 2.74. The van der Waals surface area contributed by atoms with Crippen molar-refractivity contribution in [1.29, 1.82) is 0 Å². The van der Waals surface area contributed by atoms with Crippen LogP contribution in [0.15, 0.2) is 53.3 Å². The van der Waals surface area contributed by atoms with Crippen LogP contribution in [0.2, 0.25) is 0 Å². The number of carbonyl (C=O) groups excluding carboxylic acids is 2. The number of hydrogen-bond acceptors (Lipinski definition) is 4. The fraction of sp³-hybridized carbons (Fsp3) is 0.273. The molecule has 2 amide bonds. The van der Waals surface area contributed by atoms with Crippen LogP contribution in [0.25, 0.3) is 11.0 Å². The summed E-state index contributed by atoms with van der Waals surface area (Å²) in [6.07, 6.45) is 1.24. The Kier molecular flexibility index (Phi) is 6.39. The topological polar surface area (TPSA) is 93.1 Å². The van der Waals surface area contributed by atoms with Gasteiger partial charge in [0.15, 0.2) is 0 Å². The molecular formula is C22H24N4O3. The molecule has 29 heavy (non-hydrogen) atoms. The van der Waals surface area contributed by atoms with Crippen LogP contribution in [0.5, 0.6) is 0 Å². The highest BCUT2D eigenvalue weighted by Gasteiger charge is 2.15. The van der Waals surface area contributed by atoms with Crippen molar-refractivity contribution in [2.75, 3.05) is 12.4 Å². The van der Waals surface area contributed by atoms with E-state index in [0.717, 1.165) is 12.0 Å². The van der Waals surface area contributed by atoms with Gasteiger partial charge in [0.25, 0.3) is 5.56 Å². The third-order valence-electron chi connectivity index (χ3n) is 4.71. The lowest BCUT2D eigenvalue weighted by Crippen LogP contribution is -2.31. The van der Waals surface area contributed by atoms with Crippen LogP contribution >= 0.6 is 0 Å². The zero-order chi connectivity index (χ0) is 20.8. The van der Waals surface area contributed by atoms with Crippen molar-refractivity contribution in [3.05, 3.63) is 70.1 Å². The van der Waals surface area contributed by atoms with Gasteiger partial charge in [0.1, 0.15) is 12.2 Å². The molecule has 1 heterocycles. The SMILES string of the molecule is CCc1cccc(NC(=O)Cn2c(=O)c(CCC(=O)NC)nc3ccccc32)c1. The number of rotatable bonds is 7. The van der Waals surface area contributed by atoms with Crippen molar-refractivity contribution in [1.82, 2.24) is 14.9 Å². The van der Waals surface area contributed by atoms with Crippen molar-refractivity contribution in [3.63, 3.8) is 0 Å². The summed E-state index contributed by atoms with van der Waals surface area (Å²) in [7, 11) is 1.55. The molecule has 150 valence electrons. The van der Waals surface area contributed by atoms with Crippen LogP contribution in [-0.2, 0) is 29.0 Å². The summed E-state index contributed by atoms with van der Waals surface area (Å²) >= 11 is 0. The number of nitrogens with zero attached hydrogens (tertiary/aromatic N) is 2. The molecule has 0 bridgehead atoms. The number of hydrogen-bond donors (Lipinski definition) is 2. The molecule has 7 heteroatoms. The molecule has 1 aromatic heterocycles. The highest BCUT2D eigenvalue weighted by atomic mass is 16.2. The van der Waals surface area contributed by atoms with Crippen LogP contribution in [0.4, 0.5) is 5.69 Å². The second-order valence-electron chi connectivity index (χ2n) is 6.71. The molecule has 0 saturated carbocycles. The summed E-state index contributed by atoms with van der Waals surface area (Å²) in [6.45, 7) is 1.91. The Bertz CT molecular complexity index is 1100. The van der Waals surface area contributed by atoms with Gasteiger partial charge >= 0.3 is 0 Å². The molecule has 0 aliphatic rings. The van der Waals surface area contributed by atoms with Crippen molar-refractivity contribution < 1.29 is 9.59 Å². The minimum Gasteiger partial charge on any atom is -0.359 e. The zero-order valence-corrected chi connectivity index (χ0v) is 16.6. The Balaban J connectivity index is 1.90. The van der Waals surface area contributed by atoms with Gasteiger partial charge in [-0.2, -0.15) is 0 Å². The first kappa shape index (κ1) is 20.3. The number of fused-ring (bicyclic) bond motifs is 1. The lowest BCUT2D eigenvalue weighted by molar-refractivity contribution is -0.120. The smallest absolute Gasteiger partial charge is 0.273 e. The largest absolute Gasteiger partial charge is 0.359 e. The van der Waals surface area contributed by atoms with Gasteiger partial charge in [0.2, 0.25) is 11.8 Å². The highest BCUT2D eigenvalue weighted by molar-refractivity contribution is 5.91. The fourth-order valence-corrected chi connectivity index (χ4v) is 3.14. The number of aryl methyl sites for hydroxylation is 2. The predicted octanol–water partition coefficient (Wildman–Crippen LogP) is 2.28. The van der Waals surface area contributed by atoms with Crippen LogP contribution in [-0.4, -0.2) is 28.4 Å². The van der Waals surface area contributed by atoms with Gasteiger partial charge in [-0.25, -0.2) is 4.98 Å². The minimum atomic E-state index is -0.356. The maximum atomic E-state index is 13.0. The third-order valence-corrected chi connectivity index (χ3v) is 4.71. The number of nitrogens with one attached hydrogen (secondary N) is 2. The molecule has 0 aliphatic carbocycles. The molecule has 0 saturated heterocycles. The van der Waals surface area contributed by atoms with Crippen molar-refractivity contribution in [2.45, 2.75) is 32.7 Å². The minimum absolute atomic E-state index is 0.134. The van der Waals surface area contributed by atoms with Gasteiger partial charge in [-0.3, -0.25) is 19.0 Å². The van der Waals surface area contributed by atoms with E-state index in [1.54, 1.807) is 25.2 Å². The summed E-state index contributed by atoms with van der Waals surface area (Å²) in [4.78, 5) is 41.6. The lowest BCUT2D eigenvalue weighted by Gasteiger charge is -2.13. The molecule has 7 nitrogen and oxygen atoms in total. The van der Waals surface area contributed by atoms with Crippen LogP contribution in [0.1, 0.15) is 24.6 Å². The Labute approximate surface area is 168 Å². The molecule has 0 unspecified atom stereocenters. The van der Waals surface area contributed by atoms with Gasteiger partial charge in [-0.05, 0) is 36.2 Å². The monoisotopic (exact) mass is 392 g/mol. The number of aromatic nitrogens is 2. The lowest BCUT2D eigenvalue weighted by atomic mass is 10.1. The van der Waals surface area contributed by atoms with Gasteiger partial charge in [-0.15, -0.1) is 0 Å². The third kappa shape index (κ3) is 4.87. The first-order valence-corrected chi connectivity index (χ1v) is 9.59. The highest BCUT2D eigenvalue weighted by Crippen LogP contribution is 2.13. The van der Waals surface area contributed by atoms with Crippen molar-refractivity contribution in [3.8, 4) is 0 Å². The molecule has 3 aromatic rings. The quantitative estimate of drug-likeness (QED) is 0.645. The molecule has 0 spiro atoms. The second kappa shape index (κ2) is 9.14. The number of carbonyl (C=O) groups is 2. The molecular weight excluding hydrogens is 368 g/mol. The molecule has 2 aromatic carbocycles. The summed E-state index contributed by atoms with van der Waals surface area (Å²) < 4.78 is 1.42. The number of anilines is 1. The normalized spacial score (nSPS) is 10.7. The van der Waals surface area contributed by atoms with E-state index in [1.165, 1.54) is 4.57 Å². The fourth-order valence-electron chi connectivity index (χ4n) is 3.14. The molecule has 2 N–H and O–H groups in total. The second-order valence-corrected chi connectivity index (χ2v) is 6.71. The zero-order valence-electron chi connectivity index (χ0n) is 16.6. The predicted molar refractivity (Wildman–Crippen MR) is 113 cm³/mol. The average molecular weight is 392 g/mol. The summed E-state index contributed by atoms with van der Waals surface area (Å²) in [6, 6.07) is 14.8. The van der Waals surface area contributed by atoms with E-state index < -0.39 is 0 Å². The first-order valence-electron chi connectivity index (χ1n) is 9.59. The van der Waals surface area contributed by atoms with E-state index in [9.17, 15) is 14.4 Å². The van der Waals surface area contributed by atoms with E-state index in [0.29, 0.717) is 16.7 Å². The molecule has 3 rings (SSSR count). The number of amides is 2. The summed E-state index contributed by atoms with van der Waals surface area (Å²) in [5.41, 5.74) is 2.92. The van der Waals surface area contributed by atoms with E-state index in [2.05, 4.69) is 15.6 Å². The number of benzene rings is 2. The molecule has 0 radical (unpaired) electrons. The van der Waals surface area contributed by atoms with Crippen LogP contribution in [0, 0.1) is 0 Å². The Morgan fingerprint density at radius 1 is 1.07 bits per heavy atom. The van der Waals surface area contributed by atoms with E-state index in [1.807, 2.05) is 37.3 Å². The maximum Gasteiger partial charge on any atom is 0.273 e. The van der Waals surface area contributed by atoms with Gasteiger partial charge in [0, 0.05) is 25.6 Å². The van der Waals surface area contributed by atoms with Gasteiger partial charge in [-0.1, -0.05) is 31.2 Å². The van der Waals surface area contributed by atoms with Crippen LogP contribution in [0.3, 0.4) is 0 Å². The van der Waals surface area contributed by atoms with E-state index in [-0.39, 0.29) is 42.5 Å². The molecule has 0 atom stereocenters. The van der Waals surface area contributed by atoms with Gasteiger partial charge in [0.05, 0.1) is 11.0 Å². The molecule has 0 fully saturated rings. The van der Waals surface area contributed by atoms with E-state index in [4.69, 9.17) is 0 Å². The Hall–Kier alpha value is -3.48. The first-order chi connectivity index (χ1) is 14.0.